The fourth-order valence-electron chi connectivity index (χ4n) is 2.17. The molecular weight excluding hydrogens is 307 g/mol. The smallest absolute Gasteiger partial charge is 0.297 e. The van der Waals surface area contributed by atoms with Gasteiger partial charge in [-0.05, 0) is 29.8 Å². The topological polar surface area (TPSA) is 58.0 Å². The Hall–Kier alpha value is -2.83. The number of anilines is 1. The van der Waals surface area contributed by atoms with Gasteiger partial charge in [-0.15, -0.1) is 0 Å². The fraction of sp³-hybridized carbons (Fsp3) is 0.125. The molecule has 0 spiro atoms. The number of benzene rings is 2. The van der Waals surface area contributed by atoms with Gasteiger partial charge in [-0.25, -0.2) is 23.1 Å². The molecule has 0 aliphatic heterocycles. The fourth-order valence-corrected chi connectivity index (χ4v) is 2.17. The molecule has 2 N–H and O–H groups in total. The van der Waals surface area contributed by atoms with E-state index in [1.807, 2.05) is 0 Å². The Balaban J connectivity index is 1.93. The van der Waals surface area contributed by atoms with Crippen molar-refractivity contribution in [2.24, 2.45) is 0 Å². The number of para-hydroxylation sites is 1. The van der Waals surface area contributed by atoms with Gasteiger partial charge in [0.2, 0.25) is 0 Å². The van der Waals surface area contributed by atoms with Crippen LogP contribution in [0.4, 0.5) is 19.0 Å². The maximum absolute atomic E-state index is 13.3. The molecule has 0 atom stereocenters. The summed E-state index contributed by atoms with van der Waals surface area (Å²) in [7, 11) is 0. The first-order chi connectivity index (χ1) is 11.0. The number of halogens is 3. The molecule has 0 aliphatic rings. The summed E-state index contributed by atoms with van der Waals surface area (Å²) in [5.74, 6) is -1.51. The third-order valence-corrected chi connectivity index (χ3v) is 3.29. The average Bonchev–Trinajstić information content (AvgIpc) is 2.55. The molecule has 0 saturated heterocycles. The van der Waals surface area contributed by atoms with Crippen molar-refractivity contribution in [1.29, 1.82) is 0 Å². The Labute approximate surface area is 129 Å². The highest BCUT2D eigenvalue weighted by atomic mass is 19.3. The monoisotopic (exact) mass is 319 g/mol. The molecule has 7 heteroatoms. The van der Waals surface area contributed by atoms with E-state index in [2.05, 4.69) is 15.3 Å². The summed E-state index contributed by atoms with van der Waals surface area (Å²) in [5.41, 5.74) is 0.943. The zero-order chi connectivity index (χ0) is 16.4. The molecule has 0 aliphatic carbocycles. The number of hydrogen-bond donors (Lipinski definition) is 2. The molecule has 3 rings (SSSR count). The van der Waals surface area contributed by atoms with Gasteiger partial charge in [0, 0.05) is 11.9 Å². The zero-order valence-electron chi connectivity index (χ0n) is 11.8. The van der Waals surface area contributed by atoms with Gasteiger partial charge in [0.15, 0.2) is 17.4 Å². The lowest BCUT2D eigenvalue weighted by Crippen LogP contribution is -2.06. The third kappa shape index (κ3) is 3.18. The molecule has 0 unspecified atom stereocenters. The van der Waals surface area contributed by atoms with Crippen LogP contribution < -0.4 is 5.32 Å². The van der Waals surface area contributed by atoms with E-state index in [1.54, 1.807) is 24.3 Å². The first-order valence-corrected chi connectivity index (χ1v) is 6.80. The van der Waals surface area contributed by atoms with E-state index in [0.29, 0.717) is 16.5 Å². The summed E-state index contributed by atoms with van der Waals surface area (Å²) in [5, 5.41) is 12.7. The van der Waals surface area contributed by atoms with Gasteiger partial charge >= 0.3 is 0 Å². The zero-order valence-corrected chi connectivity index (χ0v) is 11.8. The number of nitrogens with zero attached hydrogens (tertiary/aromatic N) is 2. The van der Waals surface area contributed by atoms with E-state index in [9.17, 15) is 13.2 Å². The Morgan fingerprint density at radius 3 is 2.61 bits per heavy atom. The Morgan fingerprint density at radius 1 is 1.09 bits per heavy atom. The highest BCUT2D eigenvalue weighted by Gasteiger charge is 2.15. The summed E-state index contributed by atoms with van der Waals surface area (Å²) >= 11 is 0. The number of hydrogen-bond acceptors (Lipinski definition) is 4. The number of aromatic nitrogens is 2. The van der Waals surface area contributed by atoms with Crippen LogP contribution in [0.25, 0.3) is 10.9 Å². The van der Waals surface area contributed by atoms with E-state index in [0.717, 1.165) is 0 Å². The van der Waals surface area contributed by atoms with Crippen LogP contribution in [0.5, 0.6) is 5.75 Å². The first kappa shape index (κ1) is 15.1. The predicted octanol–water partition coefficient (Wildman–Crippen LogP) is 4.02. The van der Waals surface area contributed by atoms with Gasteiger partial charge in [-0.2, -0.15) is 0 Å². The molecule has 1 heterocycles. The molecule has 4 nitrogen and oxygen atoms in total. The SMILES string of the molecule is Oc1ccc(CNc2nc(C(F)F)nc3ccccc23)cc1F. The normalized spacial score (nSPS) is 11.1. The van der Waals surface area contributed by atoms with Crippen LogP contribution in [0.2, 0.25) is 0 Å². The Bertz CT molecular complexity index is 855. The lowest BCUT2D eigenvalue weighted by atomic mass is 10.2. The van der Waals surface area contributed by atoms with E-state index in [4.69, 9.17) is 5.11 Å². The van der Waals surface area contributed by atoms with Crippen molar-refractivity contribution in [3.05, 3.63) is 59.7 Å². The first-order valence-electron chi connectivity index (χ1n) is 6.80. The van der Waals surface area contributed by atoms with E-state index in [1.165, 1.54) is 18.2 Å². The molecule has 1 aromatic heterocycles. The lowest BCUT2D eigenvalue weighted by Gasteiger charge is -2.11. The van der Waals surface area contributed by atoms with Crippen LogP contribution in [-0.4, -0.2) is 15.1 Å². The molecular formula is C16H12F3N3O. The maximum atomic E-state index is 13.3. The van der Waals surface area contributed by atoms with Crippen LogP contribution >= 0.6 is 0 Å². The minimum Gasteiger partial charge on any atom is -0.505 e. The van der Waals surface area contributed by atoms with Gasteiger partial charge in [-0.3, -0.25) is 0 Å². The third-order valence-electron chi connectivity index (χ3n) is 3.29. The van der Waals surface area contributed by atoms with E-state index >= 15 is 0 Å². The molecule has 2 aromatic carbocycles. The second kappa shape index (κ2) is 6.12. The molecule has 3 aromatic rings. The number of aromatic hydroxyl groups is 1. The van der Waals surface area contributed by atoms with Crippen molar-refractivity contribution in [1.82, 2.24) is 9.97 Å². The van der Waals surface area contributed by atoms with Crippen LogP contribution in [0.1, 0.15) is 17.8 Å². The molecule has 118 valence electrons. The van der Waals surface area contributed by atoms with Crippen molar-refractivity contribution >= 4 is 16.7 Å². The quantitative estimate of drug-likeness (QED) is 0.762. The van der Waals surface area contributed by atoms with Crippen molar-refractivity contribution in [2.75, 3.05) is 5.32 Å². The second-order valence-corrected chi connectivity index (χ2v) is 4.89. The van der Waals surface area contributed by atoms with Crippen LogP contribution in [0, 0.1) is 5.82 Å². The van der Waals surface area contributed by atoms with Crippen LogP contribution in [-0.2, 0) is 6.54 Å². The van der Waals surface area contributed by atoms with Crippen LogP contribution in [0.3, 0.4) is 0 Å². The van der Waals surface area contributed by atoms with E-state index in [-0.39, 0.29) is 12.4 Å². The van der Waals surface area contributed by atoms with Crippen molar-refractivity contribution in [3.8, 4) is 5.75 Å². The van der Waals surface area contributed by atoms with Gasteiger partial charge in [0.05, 0.1) is 5.52 Å². The lowest BCUT2D eigenvalue weighted by molar-refractivity contribution is 0.141. The van der Waals surface area contributed by atoms with Crippen LogP contribution in [0.15, 0.2) is 42.5 Å². The summed E-state index contributed by atoms with van der Waals surface area (Å²) < 4.78 is 39.1. The van der Waals surface area contributed by atoms with Gasteiger partial charge in [0.25, 0.3) is 6.43 Å². The highest BCUT2D eigenvalue weighted by Crippen LogP contribution is 2.25. The largest absolute Gasteiger partial charge is 0.505 e. The summed E-state index contributed by atoms with van der Waals surface area (Å²) in [4.78, 5) is 7.66. The predicted molar refractivity (Wildman–Crippen MR) is 79.9 cm³/mol. The number of fused-ring (bicyclic) bond motifs is 1. The Morgan fingerprint density at radius 2 is 1.87 bits per heavy atom. The number of phenolic OH excluding ortho intramolecular Hbond substituents is 1. The molecule has 0 amide bonds. The van der Waals surface area contributed by atoms with Gasteiger partial charge in [0.1, 0.15) is 5.82 Å². The van der Waals surface area contributed by atoms with Gasteiger partial charge < -0.3 is 10.4 Å². The molecule has 0 fully saturated rings. The van der Waals surface area contributed by atoms with Crippen molar-refractivity contribution in [2.45, 2.75) is 13.0 Å². The highest BCUT2D eigenvalue weighted by molar-refractivity contribution is 5.88. The minimum absolute atomic E-state index is 0.168. The van der Waals surface area contributed by atoms with Crippen molar-refractivity contribution in [3.63, 3.8) is 0 Å². The maximum Gasteiger partial charge on any atom is 0.297 e. The number of nitrogens with one attached hydrogen (secondary N) is 1. The average molecular weight is 319 g/mol. The van der Waals surface area contributed by atoms with Crippen molar-refractivity contribution < 1.29 is 18.3 Å². The minimum atomic E-state index is -2.79. The Kier molecular flexibility index (Phi) is 4.01. The number of alkyl halides is 2. The second-order valence-electron chi connectivity index (χ2n) is 4.89. The summed E-state index contributed by atoms with van der Waals surface area (Å²) in [6.07, 6.45) is -2.79. The summed E-state index contributed by atoms with van der Waals surface area (Å²) in [6, 6.07) is 10.7. The molecule has 0 radical (unpaired) electrons. The summed E-state index contributed by atoms with van der Waals surface area (Å²) in [6.45, 7) is 0.168. The van der Waals surface area contributed by atoms with E-state index < -0.39 is 23.8 Å². The molecule has 0 bridgehead atoms. The molecule has 23 heavy (non-hydrogen) atoms. The van der Waals surface area contributed by atoms with Gasteiger partial charge in [-0.1, -0.05) is 18.2 Å². The number of phenols is 1. The standard InChI is InChI=1S/C16H12F3N3O/c17-11-7-9(5-6-13(11)23)8-20-15-10-3-1-2-4-12(10)21-16(22-15)14(18)19/h1-7,14,23H,8H2,(H,20,21,22). The molecule has 0 saturated carbocycles. The number of rotatable bonds is 4.